The molecule has 0 N–H and O–H groups in total. The third-order valence-electron chi connectivity index (χ3n) is 5.63. The highest BCUT2D eigenvalue weighted by Crippen LogP contribution is 2.15. The number of aryl methyl sites for hydroxylation is 2. The number of benzene rings is 2. The van der Waals surface area contributed by atoms with Crippen molar-refractivity contribution in [1.29, 1.82) is 0 Å². The quantitative estimate of drug-likeness (QED) is 0.417. The van der Waals surface area contributed by atoms with Crippen molar-refractivity contribution < 1.29 is 0 Å². The van der Waals surface area contributed by atoms with E-state index < -0.39 is 0 Å². The van der Waals surface area contributed by atoms with Crippen LogP contribution in [0.3, 0.4) is 0 Å². The van der Waals surface area contributed by atoms with Crippen LogP contribution in [0.15, 0.2) is 82.9 Å². The van der Waals surface area contributed by atoms with Gasteiger partial charge < -0.3 is 9.13 Å². The van der Waals surface area contributed by atoms with Gasteiger partial charge in [0.1, 0.15) is 11.2 Å². The second-order valence-corrected chi connectivity index (χ2v) is 7.56. The number of imidazole rings is 1. The number of aromatic nitrogens is 5. The normalized spacial score (nSPS) is 11.4. The molecule has 0 aliphatic rings. The summed E-state index contributed by atoms with van der Waals surface area (Å²) in [6.45, 7) is 0.826. The van der Waals surface area contributed by atoms with E-state index in [9.17, 15) is 9.59 Å². The summed E-state index contributed by atoms with van der Waals surface area (Å²) >= 11 is 0. The Morgan fingerprint density at radius 2 is 1.74 bits per heavy atom. The van der Waals surface area contributed by atoms with Gasteiger partial charge in [-0.05, 0) is 24.1 Å². The van der Waals surface area contributed by atoms with Gasteiger partial charge in [-0.15, -0.1) is 0 Å². The van der Waals surface area contributed by atoms with Crippen molar-refractivity contribution in [2.45, 2.75) is 19.5 Å². The van der Waals surface area contributed by atoms with E-state index in [1.54, 1.807) is 23.2 Å². The van der Waals surface area contributed by atoms with Gasteiger partial charge in [0.25, 0.3) is 5.56 Å². The molecule has 0 saturated heterocycles. The molecule has 7 heteroatoms. The predicted molar refractivity (Wildman–Crippen MR) is 120 cm³/mol. The molecule has 7 nitrogen and oxygen atoms in total. The average Bonchev–Trinajstić information content (AvgIpc) is 3.31. The Labute approximate surface area is 177 Å². The van der Waals surface area contributed by atoms with Crippen LogP contribution in [0.4, 0.5) is 0 Å². The summed E-state index contributed by atoms with van der Waals surface area (Å²) in [5.41, 5.74) is 1.70. The first-order valence-corrected chi connectivity index (χ1v) is 10.1. The Kier molecular flexibility index (Phi) is 4.71. The molecule has 0 unspecified atom stereocenters. The maximum absolute atomic E-state index is 13.6. The number of rotatable bonds is 5. The monoisotopic (exact) mass is 411 g/mol. The van der Waals surface area contributed by atoms with Crippen molar-refractivity contribution in [2.75, 3.05) is 0 Å². The van der Waals surface area contributed by atoms with Gasteiger partial charge in [0, 0.05) is 31.4 Å². The molecule has 0 radical (unpaired) electrons. The second kappa shape index (κ2) is 7.68. The van der Waals surface area contributed by atoms with Crippen molar-refractivity contribution in [3.8, 4) is 0 Å². The molecule has 31 heavy (non-hydrogen) atoms. The molecule has 5 rings (SSSR count). The first-order chi connectivity index (χ1) is 15.1. The maximum Gasteiger partial charge on any atom is 0.267 e. The minimum atomic E-state index is -0.303. The van der Waals surface area contributed by atoms with Crippen LogP contribution in [0.25, 0.3) is 21.9 Å². The van der Waals surface area contributed by atoms with Crippen LogP contribution >= 0.6 is 0 Å². The molecule has 0 amide bonds. The molecule has 0 spiro atoms. The molecule has 0 saturated carbocycles. The fourth-order valence-electron chi connectivity index (χ4n) is 4.02. The summed E-state index contributed by atoms with van der Waals surface area (Å²) in [6, 6.07) is 17.3. The second-order valence-electron chi connectivity index (χ2n) is 7.56. The molecule has 2 aromatic carbocycles. The number of para-hydroxylation sites is 1. The lowest BCUT2D eigenvalue weighted by molar-refractivity contribution is 0.589. The zero-order valence-corrected chi connectivity index (χ0v) is 17.1. The lowest BCUT2D eigenvalue weighted by Crippen LogP contribution is -2.31. The van der Waals surface area contributed by atoms with E-state index in [1.807, 2.05) is 70.9 Å². The Balaban J connectivity index is 1.75. The largest absolute Gasteiger partial charge is 0.330 e. The number of hydrogen-bond acceptors (Lipinski definition) is 4. The van der Waals surface area contributed by atoms with E-state index in [-0.39, 0.29) is 16.4 Å². The van der Waals surface area contributed by atoms with Crippen LogP contribution in [0.2, 0.25) is 0 Å². The summed E-state index contributed by atoms with van der Waals surface area (Å²) in [5.74, 6) is 0.594. The topological polar surface area (TPSA) is 74.7 Å². The molecule has 5 aromatic rings. The molecule has 154 valence electrons. The van der Waals surface area contributed by atoms with Crippen LogP contribution in [0.5, 0.6) is 0 Å². The van der Waals surface area contributed by atoms with E-state index >= 15 is 0 Å². The van der Waals surface area contributed by atoms with Gasteiger partial charge in [-0.2, -0.15) is 0 Å². The number of hydrogen-bond donors (Lipinski definition) is 0. The molecular formula is C24H21N5O2. The zero-order valence-electron chi connectivity index (χ0n) is 17.1. The third-order valence-corrected chi connectivity index (χ3v) is 5.63. The van der Waals surface area contributed by atoms with Gasteiger partial charge in [-0.1, -0.05) is 42.5 Å². The van der Waals surface area contributed by atoms with Gasteiger partial charge in [-0.25, -0.2) is 9.97 Å². The van der Waals surface area contributed by atoms with Gasteiger partial charge >= 0.3 is 0 Å². The van der Waals surface area contributed by atoms with E-state index in [1.165, 1.54) is 0 Å². The predicted octanol–water partition coefficient (Wildman–Crippen LogP) is 2.74. The maximum atomic E-state index is 13.6. The van der Waals surface area contributed by atoms with Crippen LogP contribution in [-0.2, 0) is 26.6 Å². The molecule has 0 fully saturated rings. The summed E-state index contributed by atoms with van der Waals surface area (Å²) in [4.78, 5) is 35.7. The van der Waals surface area contributed by atoms with Gasteiger partial charge in [0.2, 0.25) is 5.43 Å². The number of pyridine rings is 1. The van der Waals surface area contributed by atoms with E-state index in [2.05, 4.69) is 4.98 Å². The van der Waals surface area contributed by atoms with Crippen LogP contribution in [0, 0.1) is 0 Å². The molecule has 0 aliphatic carbocycles. The fraction of sp³-hybridized carbons (Fsp3) is 0.167. The van der Waals surface area contributed by atoms with Crippen molar-refractivity contribution in [3.05, 3.63) is 105 Å². The fourth-order valence-corrected chi connectivity index (χ4v) is 4.02. The molecule has 0 aliphatic heterocycles. The van der Waals surface area contributed by atoms with Crippen molar-refractivity contribution in [3.63, 3.8) is 0 Å². The Bertz CT molecular complexity index is 1500. The molecular weight excluding hydrogens is 390 g/mol. The summed E-state index contributed by atoms with van der Waals surface area (Å²) in [6.07, 6.45) is 5.88. The summed E-state index contributed by atoms with van der Waals surface area (Å²) in [7, 11) is 1.84. The number of fused-ring (bicyclic) bond motifs is 2. The minimum Gasteiger partial charge on any atom is -0.330 e. The molecule has 3 aromatic heterocycles. The average molecular weight is 411 g/mol. The van der Waals surface area contributed by atoms with Gasteiger partial charge in [-0.3, -0.25) is 14.2 Å². The van der Waals surface area contributed by atoms with Crippen LogP contribution in [-0.4, -0.2) is 23.7 Å². The number of nitrogens with zero attached hydrogens (tertiary/aromatic N) is 5. The van der Waals surface area contributed by atoms with Crippen LogP contribution < -0.4 is 11.0 Å². The van der Waals surface area contributed by atoms with Crippen molar-refractivity contribution in [1.82, 2.24) is 23.7 Å². The lowest BCUT2D eigenvalue weighted by Gasteiger charge is -2.16. The third kappa shape index (κ3) is 3.34. The Hall–Kier alpha value is -4.00. The van der Waals surface area contributed by atoms with Gasteiger partial charge in [0.05, 0.1) is 18.4 Å². The van der Waals surface area contributed by atoms with Gasteiger partial charge in [0.15, 0.2) is 5.65 Å². The highest BCUT2D eigenvalue weighted by molar-refractivity contribution is 5.91. The smallest absolute Gasteiger partial charge is 0.267 e. The van der Waals surface area contributed by atoms with E-state index in [0.29, 0.717) is 36.4 Å². The highest BCUT2D eigenvalue weighted by atomic mass is 16.1. The Morgan fingerprint density at radius 1 is 0.968 bits per heavy atom. The molecule has 0 bridgehead atoms. The van der Waals surface area contributed by atoms with Crippen molar-refractivity contribution in [2.24, 2.45) is 7.05 Å². The van der Waals surface area contributed by atoms with Crippen LogP contribution in [0.1, 0.15) is 11.4 Å². The highest BCUT2D eigenvalue weighted by Gasteiger charge is 2.18. The minimum absolute atomic E-state index is 0.128. The van der Waals surface area contributed by atoms with E-state index in [0.717, 1.165) is 11.1 Å². The summed E-state index contributed by atoms with van der Waals surface area (Å²) in [5, 5.41) is 0.650. The Morgan fingerprint density at radius 3 is 2.52 bits per heavy atom. The zero-order chi connectivity index (χ0) is 21.4. The first-order valence-electron chi connectivity index (χ1n) is 10.1. The molecule has 3 heterocycles. The SMILES string of the molecule is Cn1c2ccccc2c(=O)c2c(=O)n(CCc3ccccc3)c(Cn3ccnc3)nc21. The lowest BCUT2D eigenvalue weighted by atomic mass is 10.1. The summed E-state index contributed by atoms with van der Waals surface area (Å²) < 4.78 is 5.32. The standard InChI is InChI=1S/C24H21N5O2/c1-27-19-10-6-5-9-18(19)22(30)21-23(27)26-20(15-28-14-12-25-16-28)29(24(21)31)13-11-17-7-3-2-4-8-17/h2-10,12,14,16H,11,13,15H2,1H3. The van der Waals surface area contributed by atoms with Crippen molar-refractivity contribution >= 4 is 21.9 Å². The first kappa shape index (κ1) is 19.0. The molecule has 0 atom stereocenters. The van der Waals surface area contributed by atoms with E-state index in [4.69, 9.17) is 4.98 Å².